The third-order valence-corrected chi connectivity index (χ3v) is 4.03. The molecule has 148 valence electrons. The molecule has 0 fully saturated rings. The molecule has 28 heavy (non-hydrogen) atoms. The number of nitrogens with zero attached hydrogens (tertiary/aromatic N) is 1. The Kier molecular flexibility index (Phi) is 6.94. The van der Waals surface area contributed by atoms with E-state index in [0.717, 1.165) is 12.1 Å². The van der Waals surface area contributed by atoms with Crippen LogP contribution in [0.15, 0.2) is 36.4 Å². The molecule has 0 heterocycles. The summed E-state index contributed by atoms with van der Waals surface area (Å²) in [6.45, 7) is 3.34. The first kappa shape index (κ1) is 21.2. The lowest BCUT2D eigenvalue weighted by atomic mass is 10.1. The van der Waals surface area contributed by atoms with Gasteiger partial charge in [-0.15, -0.1) is 0 Å². The minimum atomic E-state index is -1.16. The highest BCUT2D eigenvalue weighted by atomic mass is 35.5. The fourth-order valence-electron chi connectivity index (χ4n) is 2.42. The Morgan fingerprint density at radius 3 is 2.36 bits per heavy atom. The van der Waals surface area contributed by atoms with Crippen LogP contribution in [-0.4, -0.2) is 36.5 Å². The van der Waals surface area contributed by atoms with Crippen LogP contribution < -0.4 is 9.47 Å². The van der Waals surface area contributed by atoms with E-state index in [9.17, 15) is 19.7 Å². The summed E-state index contributed by atoms with van der Waals surface area (Å²) >= 11 is 5.79. The highest BCUT2D eigenvalue weighted by Gasteiger charge is 2.28. The summed E-state index contributed by atoms with van der Waals surface area (Å²) in [5.74, 6) is -1.23. The molecular weight excluding hydrogens is 390 g/mol. The number of ether oxygens (including phenoxy) is 3. The second-order valence-electron chi connectivity index (χ2n) is 5.63. The zero-order chi connectivity index (χ0) is 20.8. The van der Waals surface area contributed by atoms with E-state index in [1.54, 1.807) is 6.92 Å². The molecule has 0 amide bonds. The van der Waals surface area contributed by atoms with Gasteiger partial charge in [0.1, 0.15) is 5.56 Å². The predicted molar refractivity (Wildman–Crippen MR) is 101 cm³/mol. The summed E-state index contributed by atoms with van der Waals surface area (Å²) in [7, 11) is 1.34. The number of hydrogen-bond donors (Lipinski definition) is 0. The van der Waals surface area contributed by atoms with Crippen molar-refractivity contribution in [2.75, 3.05) is 13.7 Å². The quantitative estimate of drug-likeness (QED) is 0.281. The number of halogens is 1. The maximum absolute atomic E-state index is 12.5. The fraction of sp³-hybridized carbons (Fsp3) is 0.263. The standard InChI is InChI=1S/C19H18ClNO7/c1-4-27-17-10-15(21(24)25)14(9-16(17)26-3)19(23)28-11(2)18(22)12-5-7-13(20)8-6-12/h5-11H,4H2,1-3H3/t11-/m1/s1. The van der Waals surface area contributed by atoms with Gasteiger partial charge in [0.15, 0.2) is 17.6 Å². The molecule has 2 rings (SSSR count). The average molecular weight is 408 g/mol. The summed E-state index contributed by atoms with van der Waals surface area (Å²) in [6, 6.07) is 8.31. The van der Waals surface area contributed by atoms with Gasteiger partial charge < -0.3 is 14.2 Å². The topological polar surface area (TPSA) is 105 Å². The molecule has 9 heteroatoms. The molecule has 0 aliphatic carbocycles. The molecule has 0 bridgehead atoms. The van der Waals surface area contributed by atoms with Crippen LogP contribution >= 0.6 is 11.6 Å². The smallest absolute Gasteiger partial charge is 0.346 e. The van der Waals surface area contributed by atoms with Crippen molar-refractivity contribution in [1.82, 2.24) is 0 Å². The van der Waals surface area contributed by atoms with E-state index in [1.165, 1.54) is 38.3 Å². The first-order chi connectivity index (χ1) is 13.3. The van der Waals surface area contributed by atoms with Gasteiger partial charge in [-0.25, -0.2) is 4.79 Å². The summed E-state index contributed by atoms with van der Waals surface area (Å²) < 4.78 is 15.6. The number of nitro groups is 1. The molecule has 0 aliphatic heterocycles. The van der Waals surface area contributed by atoms with Crippen LogP contribution in [0.25, 0.3) is 0 Å². The van der Waals surface area contributed by atoms with Crippen molar-refractivity contribution in [2.45, 2.75) is 20.0 Å². The van der Waals surface area contributed by atoms with Crippen molar-refractivity contribution < 1.29 is 28.7 Å². The first-order valence-corrected chi connectivity index (χ1v) is 8.66. The van der Waals surface area contributed by atoms with Crippen molar-refractivity contribution in [3.8, 4) is 11.5 Å². The Labute approximate surface area is 166 Å². The van der Waals surface area contributed by atoms with Gasteiger partial charge in [-0.2, -0.15) is 0 Å². The largest absolute Gasteiger partial charge is 0.493 e. The summed E-state index contributed by atoms with van der Waals surface area (Å²) in [5, 5.41) is 11.8. The number of benzene rings is 2. The molecule has 2 aromatic rings. The maximum atomic E-state index is 12.5. The number of hydrogen-bond acceptors (Lipinski definition) is 7. The number of ketones is 1. The van der Waals surface area contributed by atoms with Crippen LogP contribution in [0.3, 0.4) is 0 Å². The molecule has 1 atom stereocenters. The van der Waals surface area contributed by atoms with E-state index in [2.05, 4.69) is 0 Å². The molecule has 0 N–H and O–H groups in total. The molecule has 0 saturated heterocycles. The Morgan fingerprint density at radius 2 is 1.82 bits per heavy atom. The third-order valence-electron chi connectivity index (χ3n) is 3.78. The lowest BCUT2D eigenvalue weighted by Gasteiger charge is -2.14. The molecule has 8 nitrogen and oxygen atoms in total. The predicted octanol–water partition coefficient (Wildman–Crippen LogP) is 4.08. The van der Waals surface area contributed by atoms with Gasteiger partial charge in [-0.05, 0) is 38.1 Å². The third kappa shape index (κ3) is 4.77. The number of rotatable bonds is 8. The van der Waals surface area contributed by atoms with Gasteiger partial charge in [0, 0.05) is 16.7 Å². The molecular formula is C19H18ClNO7. The van der Waals surface area contributed by atoms with Crippen molar-refractivity contribution >= 4 is 29.0 Å². The first-order valence-electron chi connectivity index (χ1n) is 8.28. The maximum Gasteiger partial charge on any atom is 0.346 e. The van der Waals surface area contributed by atoms with Crippen LogP contribution in [0.2, 0.25) is 5.02 Å². The second-order valence-corrected chi connectivity index (χ2v) is 6.07. The number of nitro benzene ring substituents is 1. The van der Waals surface area contributed by atoms with E-state index in [-0.39, 0.29) is 23.7 Å². The number of carbonyl (C=O) groups excluding carboxylic acids is 2. The second kappa shape index (κ2) is 9.18. The minimum Gasteiger partial charge on any atom is -0.493 e. The zero-order valence-electron chi connectivity index (χ0n) is 15.4. The number of carbonyl (C=O) groups is 2. The molecule has 0 aromatic heterocycles. The Morgan fingerprint density at radius 1 is 1.18 bits per heavy atom. The van der Waals surface area contributed by atoms with Crippen LogP contribution in [0.4, 0.5) is 5.69 Å². The lowest BCUT2D eigenvalue weighted by molar-refractivity contribution is -0.385. The highest BCUT2D eigenvalue weighted by molar-refractivity contribution is 6.30. The monoisotopic (exact) mass is 407 g/mol. The van der Waals surface area contributed by atoms with Gasteiger partial charge in [0.25, 0.3) is 5.69 Å². The Balaban J connectivity index is 2.30. The molecule has 0 spiro atoms. The summed E-state index contributed by atoms with van der Waals surface area (Å²) in [4.78, 5) is 35.6. The SMILES string of the molecule is CCOc1cc([N+](=O)[O-])c(C(=O)O[C@H](C)C(=O)c2ccc(Cl)cc2)cc1OC. The van der Waals surface area contributed by atoms with Crippen molar-refractivity contribution in [3.05, 3.63) is 62.7 Å². The number of esters is 1. The summed E-state index contributed by atoms with van der Waals surface area (Å²) in [6.07, 6.45) is -1.16. The van der Waals surface area contributed by atoms with E-state index in [4.69, 9.17) is 25.8 Å². The zero-order valence-corrected chi connectivity index (χ0v) is 16.2. The number of methoxy groups -OCH3 is 1. The van der Waals surface area contributed by atoms with Gasteiger partial charge >= 0.3 is 5.97 Å². The molecule has 0 aliphatic rings. The number of Topliss-reactive ketones (excluding diaryl/α,β-unsaturated/α-hetero) is 1. The van der Waals surface area contributed by atoms with E-state index < -0.39 is 28.5 Å². The van der Waals surface area contributed by atoms with Gasteiger partial charge in [0.05, 0.1) is 24.7 Å². The fourth-order valence-corrected chi connectivity index (χ4v) is 2.54. The highest BCUT2D eigenvalue weighted by Crippen LogP contribution is 2.35. The average Bonchev–Trinajstić information content (AvgIpc) is 2.67. The van der Waals surface area contributed by atoms with Crippen LogP contribution in [-0.2, 0) is 4.74 Å². The lowest BCUT2D eigenvalue weighted by Crippen LogP contribution is -2.25. The van der Waals surface area contributed by atoms with E-state index in [1.807, 2.05) is 0 Å². The molecule has 0 unspecified atom stereocenters. The van der Waals surface area contributed by atoms with Gasteiger partial charge in [-0.1, -0.05) is 11.6 Å². The van der Waals surface area contributed by atoms with Crippen LogP contribution in [0.5, 0.6) is 11.5 Å². The minimum absolute atomic E-state index is 0.124. The molecule has 2 aromatic carbocycles. The molecule has 0 saturated carbocycles. The van der Waals surface area contributed by atoms with E-state index >= 15 is 0 Å². The molecule has 0 radical (unpaired) electrons. The Bertz CT molecular complexity index is 896. The van der Waals surface area contributed by atoms with Gasteiger partial charge in [-0.3, -0.25) is 14.9 Å². The van der Waals surface area contributed by atoms with Crippen molar-refractivity contribution in [2.24, 2.45) is 0 Å². The summed E-state index contributed by atoms with van der Waals surface area (Å²) in [5.41, 5.74) is -0.565. The van der Waals surface area contributed by atoms with Crippen molar-refractivity contribution in [3.63, 3.8) is 0 Å². The van der Waals surface area contributed by atoms with Gasteiger partial charge in [0.2, 0.25) is 5.78 Å². The Hall–Kier alpha value is -3.13. The van der Waals surface area contributed by atoms with Crippen LogP contribution in [0.1, 0.15) is 34.6 Å². The normalized spacial score (nSPS) is 11.4. The van der Waals surface area contributed by atoms with E-state index in [0.29, 0.717) is 10.6 Å². The van der Waals surface area contributed by atoms with Crippen molar-refractivity contribution in [1.29, 1.82) is 0 Å². The van der Waals surface area contributed by atoms with Crippen LogP contribution in [0, 0.1) is 10.1 Å².